The molecule has 7 nitrogen and oxygen atoms in total. The molecule has 25 heavy (non-hydrogen) atoms. The van der Waals surface area contributed by atoms with Gasteiger partial charge in [0.2, 0.25) is 11.8 Å². The minimum atomic E-state index is -0.189. The van der Waals surface area contributed by atoms with Crippen LogP contribution in [0, 0.1) is 0 Å². The zero-order valence-electron chi connectivity index (χ0n) is 12.7. The van der Waals surface area contributed by atoms with E-state index in [2.05, 4.69) is 15.1 Å². The molecular weight excluding hydrogens is 340 g/mol. The van der Waals surface area contributed by atoms with E-state index in [-0.39, 0.29) is 12.4 Å². The second-order valence-electron chi connectivity index (χ2n) is 5.39. The van der Waals surface area contributed by atoms with Crippen LogP contribution in [0.1, 0.15) is 5.56 Å². The van der Waals surface area contributed by atoms with Gasteiger partial charge >= 0.3 is 0 Å². The van der Waals surface area contributed by atoms with Crippen LogP contribution in [0.25, 0.3) is 22.4 Å². The van der Waals surface area contributed by atoms with Crippen LogP contribution in [0.15, 0.2) is 47.5 Å². The van der Waals surface area contributed by atoms with E-state index in [0.717, 1.165) is 11.1 Å². The monoisotopic (exact) mass is 350 g/mol. The third-order valence-electron chi connectivity index (χ3n) is 3.81. The molecule has 0 radical (unpaired) electrons. The van der Waals surface area contributed by atoms with E-state index in [4.69, 9.17) is 9.47 Å². The van der Waals surface area contributed by atoms with E-state index in [9.17, 15) is 4.79 Å². The smallest absolute Gasteiger partial charge is 0.291 e. The fourth-order valence-electron chi connectivity index (χ4n) is 2.61. The molecule has 0 unspecified atom stereocenters. The maximum absolute atomic E-state index is 12.6. The third kappa shape index (κ3) is 2.34. The number of nitrogens with zero attached hydrogens (tertiary/aromatic N) is 4. The first-order chi connectivity index (χ1) is 12.3. The lowest BCUT2D eigenvalue weighted by Crippen LogP contribution is -2.23. The lowest BCUT2D eigenvalue weighted by molar-refractivity contribution is 0.174. The molecule has 3 aromatic heterocycles. The quantitative estimate of drug-likeness (QED) is 0.545. The summed E-state index contributed by atoms with van der Waals surface area (Å²) in [5.74, 6) is 1.91. The molecule has 1 aliphatic rings. The van der Waals surface area contributed by atoms with Crippen LogP contribution in [-0.4, -0.2) is 26.4 Å². The zero-order chi connectivity index (χ0) is 16.8. The van der Waals surface area contributed by atoms with Crippen molar-refractivity contribution in [1.82, 2.24) is 19.6 Å². The molecule has 0 aliphatic carbocycles. The third-order valence-corrected chi connectivity index (χ3v) is 4.77. The van der Waals surface area contributed by atoms with Crippen LogP contribution in [0.5, 0.6) is 11.5 Å². The van der Waals surface area contributed by atoms with Gasteiger partial charge in [-0.25, -0.2) is 0 Å². The normalized spacial score (nSPS) is 13.7. The Morgan fingerprint density at radius 3 is 2.80 bits per heavy atom. The first-order valence-electron chi connectivity index (χ1n) is 7.49. The van der Waals surface area contributed by atoms with Gasteiger partial charge in [-0.05, 0) is 35.9 Å². The summed E-state index contributed by atoms with van der Waals surface area (Å²) in [7, 11) is 0. The summed E-state index contributed by atoms with van der Waals surface area (Å²) < 4.78 is 12.6. The summed E-state index contributed by atoms with van der Waals surface area (Å²) in [6, 6.07) is 9.18. The molecule has 122 valence electrons. The lowest BCUT2D eigenvalue weighted by atomic mass is 10.2. The number of aromatic nitrogens is 4. The minimum Gasteiger partial charge on any atom is -0.454 e. The Hall–Kier alpha value is -3.26. The standard InChI is InChI=1S/C17H10N4O3S/c22-16-14(8-10-1-2-12-13(7-10)24-9-23-12)25-17-19-15(20-21(16)17)11-3-5-18-6-4-11/h1-8H,9H2/b14-8-. The van der Waals surface area contributed by atoms with E-state index in [1.807, 2.05) is 30.3 Å². The summed E-state index contributed by atoms with van der Waals surface area (Å²) in [5.41, 5.74) is 1.50. The number of fused-ring (bicyclic) bond motifs is 2. The number of hydrogen-bond acceptors (Lipinski definition) is 7. The van der Waals surface area contributed by atoms with E-state index in [1.54, 1.807) is 18.5 Å². The number of pyridine rings is 1. The van der Waals surface area contributed by atoms with Crippen molar-refractivity contribution in [3.8, 4) is 22.9 Å². The number of benzene rings is 1. The van der Waals surface area contributed by atoms with Crippen molar-refractivity contribution in [2.24, 2.45) is 0 Å². The Bertz CT molecular complexity index is 1200. The van der Waals surface area contributed by atoms with E-state index in [0.29, 0.717) is 26.8 Å². The van der Waals surface area contributed by atoms with Gasteiger partial charge in [-0.3, -0.25) is 9.78 Å². The maximum atomic E-state index is 12.6. The van der Waals surface area contributed by atoms with Crippen molar-refractivity contribution in [3.05, 3.63) is 63.2 Å². The molecule has 1 aliphatic heterocycles. The van der Waals surface area contributed by atoms with Gasteiger partial charge in [0.15, 0.2) is 17.3 Å². The molecule has 0 bridgehead atoms. The van der Waals surface area contributed by atoms with Crippen molar-refractivity contribution in [2.45, 2.75) is 0 Å². The van der Waals surface area contributed by atoms with Crippen LogP contribution in [0.3, 0.4) is 0 Å². The molecule has 0 atom stereocenters. The zero-order valence-corrected chi connectivity index (χ0v) is 13.6. The van der Waals surface area contributed by atoms with Gasteiger partial charge in [-0.2, -0.15) is 9.50 Å². The Balaban J connectivity index is 1.60. The Morgan fingerprint density at radius 2 is 1.96 bits per heavy atom. The Labute approximate surface area is 144 Å². The number of thiazole rings is 1. The fourth-order valence-corrected chi connectivity index (χ4v) is 3.52. The fraction of sp³-hybridized carbons (Fsp3) is 0.0588. The molecule has 8 heteroatoms. The summed E-state index contributed by atoms with van der Waals surface area (Å²) in [5, 5.41) is 4.31. The van der Waals surface area contributed by atoms with Crippen LogP contribution in [-0.2, 0) is 0 Å². The van der Waals surface area contributed by atoms with Crippen molar-refractivity contribution in [2.75, 3.05) is 6.79 Å². The molecule has 0 saturated carbocycles. The van der Waals surface area contributed by atoms with E-state index >= 15 is 0 Å². The summed E-state index contributed by atoms with van der Waals surface area (Å²) in [6.45, 7) is 0.222. The molecule has 4 heterocycles. The highest BCUT2D eigenvalue weighted by atomic mass is 32.1. The first-order valence-corrected chi connectivity index (χ1v) is 8.31. The highest BCUT2D eigenvalue weighted by molar-refractivity contribution is 7.15. The average Bonchev–Trinajstić information content (AvgIpc) is 3.33. The molecule has 5 rings (SSSR count). The van der Waals surface area contributed by atoms with Crippen LogP contribution in [0.2, 0.25) is 0 Å². The van der Waals surface area contributed by atoms with Crippen LogP contribution in [0.4, 0.5) is 0 Å². The predicted octanol–water partition coefficient (Wildman–Crippen LogP) is 1.49. The Morgan fingerprint density at radius 1 is 1.12 bits per heavy atom. The van der Waals surface area contributed by atoms with E-state index in [1.165, 1.54) is 15.9 Å². The maximum Gasteiger partial charge on any atom is 0.291 e. The van der Waals surface area contributed by atoms with Gasteiger partial charge in [0.25, 0.3) is 5.56 Å². The van der Waals surface area contributed by atoms with Gasteiger partial charge in [-0.1, -0.05) is 17.4 Å². The van der Waals surface area contributed by atoms with Crippen molar-refractivity contribution in [3.63, 3.8) is 0 Å². The molecule has 0 N–H and O–H groups in total. The molecule has 0 amide bonds. The highest BCUT2D eigenvalue weighted by Crippen LogP contribution is 2.32. The summed E-state index contributed by atoms with van der Waals surface area (Å²) in [6.07, 6.45) is 5.14. The first kappa shape index (κ1) is 14.1. The topological polar surface area (TPSA) is 78.6 Å². The largest absolute Gasteiger partial charge is 0.454 e. The van der Waals surface area contributed by atoms with Crippen molar-refractivity contribution >= 4 is 22.4 Å². The molecule has 4 aromatic rings. The van der Waals surface area contributed by atoms with Gasteiger partial charge in [-0.15, -0.1) is 5.10 Å². The summed E-state index contributed by atoms with van der Waals surface area (Å²) in [4.78, 5) is 21.6. The number of hydrogen-bond donors (Lipinski definition) is 0. The predicted molar refractivity (Wildman–Crippen MR) is 91.7 cm³/mol. The number of ether oxygens (including phenoxy) is 2. The van der Waals surface area contributed by atoms with Gasteiger partial charge in [0.05, 0.1) is 4.53 Å². The molecule has 0 saturated heterocycles. The van der Waals surface area contributed by atoms with Crippen LogP contribution >= 0.6 is 11.3 Å². The van der Waals surface area contributed by atoms with Gasteiger partial charge in [0.1, 0.15) is 0 Å². The van der Waals surface area contributed by atoms with Crippen molar-refractivity contribution < 1.29 is 9.47 Å². The second-order valence-corrected chi connectivity index (χ2v) is 6.40. The van der Waals surface area contributed by atoms with Gasteiger partial charge in [0, 0.05) is 18.0 Å². The van der Waals surface area contributed by atoms with Gasteiger partial charge < -0.3 is 9.47 Å². The number of rotatable bonds is 2. The molecular formula is C17H10N4O3S. The SMILES string of the molecule is O=c1/c(=C/c2ccc3c(c2)OCO3)sc2nc(-c3ccncc3)nn12. The lowest BCUT2D eigenvalue weighted by Gasteiger charge is -1.96. The summed E-state index contributed by atoms with van der Waals surface area (Å²) >= 11 is 1.30. The second kappa shape index (κ2) is 5.38. The molecule has 0 spiro atoms. The highest BCUT2D eigenvalue weighted by Gasteiger charge is 2.14. The van der Waals surface area contributed by atoms with Crippen molar-refractivity contribution in [1.29, 1.82) is 0 Å². The van der Waals surface area contributed by atoms with E-state index < -0.39 is 0 Å². The molecule has 1 aromatic carbocycles. The van der Waals surface area contributed by atoms with Crippen LogP contribution < -0.4 is 19.6 Å². The Kier molecular flexibility index (Phi) is 3.04. The minimum absolute atomic E-state index is 0.189. The molecule has 0 fully saturated rings. The average molecular weight is 350 g/mol.